The molecule has 0 saturated carbocycles. The van der Waals surface area contributed by atoms with Crippen LogP contribution in [-0.2, 0) is 4.84 Å². The van der Waals surface area contributed by atoms with E-state index in [1.807, 2.05) is 61.2 Å². The van der Waals surface area contributed by atoms with Gasteiger partial charge in [-0.3, -0.25) is 4.90 Å². The summed E-state index contributed by atoms with van der Waals surface area (Å²) in [5.41, 5.74) is 3.35. The lowest BCUT2D eigenvalue weighted by Crippen LogP contribution is -2.34. The number of rotatable bonds is 3. The molecule has 2 aromatic heterocycles. The summed E-state index contributed by atoms with van der Waals surface area (Å²) in [7, 11) is 0. The van der Waals surface area contributed by atoms with Gasteiger partial charge in [0, 0.05) is 33.5 Å². The molecule has 0 amide bonds. The molecule has 0 N–H and O–H groups in total. The molecule has 0 bridgehead atoms. The monoisotopic (exact) mass is 498 g/mol. The number of oxime groups is 1. The van der Waals surface area contributed by atoms with Crippen LogP contribution in [0.1, 0.15) is 28.5 Å². The van der Waals surface area contributed by atoms with Crippen LogP contribution in [0.25, 0.3) is 21.9 Å². The molecule has 0 spiro atoms. The maximum absolute atomic E-state index is 13.1. The van der Waals surface area contributed by atoms with E-state index in [2.05, 4.69) is 5.16 Å². The van der Waals surface area contributed by atoms with E-state index in [0.717, 1.165) is 27.8 Å². The first kappa shape index (κ1) is 22.1. The van der Waals surface area contributed by atoms with Crippen molar-refractivity contribution in [2.75, 3.05) is 4.90 Å². The molecule has 36 heavy (non-hydrogen) atoms. The van der Waals surface area contributed by atoms with Gasteiger partial charge in [-0.2, -0.15) is 0 Å². The van der Waals surface area contributed by atoms with E-state index < -0.39 is 17.5 Å². The molecule has 0 radical (unpaired) electrons. The summed E-state index contributed by atoms with van der Waals surface area (Å²) in [6.07, 6.45) is -0.885. The van der Waals surface area contributed by atoms with Gasteiger partial charge < -0.3 is 13.7 Å². The number of aryl methyl sites for hydroxylation is 2. The van der Waals surface area contributed by atoms with E-state index in [0.29, 0.717) is 27.4 Å². The first-order valence-electron chi connectivity index (χ1n) is 11.3. The molecule has 0 saturated heterocycles. The van der Waals surface area contributed by atoms with Crippen molar-refractivity contribution in [2.24, 2.45) is 5.16 Å². The summed E-state index contributed by atoms with van der Waals surface area (Å²) in [6.45, 7) is 3.76. The lowest BCUT2D eigenvalue weighted by molar-refractivity contribution is 0.0844. The maximum Gasteiger partial charge on any atom is 0.345 e. The average Bonchev–Trinajstić information content (AvgIpc) is 3.28. The van der Waals surface area contributed by atoms with E-state index >= 15 is 0 Å². The smallest absolute Gasteiger partial charge is 0.345 e. The lowest BCUT2D eigenvalue weighted by atomic mass is 10.0. The Morgan fingerprint density at radius 1 is 0.861 bits per heavy atom. The van der Waals surface area contributed by atoms with Crippen LogP contribution in [0.2, 0.25) is 5.02 Å². The minimum absolute atomic E-state index is 0.287. The third-order valence-corrected chi connectivity index (χ3v) is 6.49. The summed E-state index contributed by atoms with van der Waals surface area (Å²) in [5, 5.41) is 6.33. The zero-order valence-corrected chi connectivity index (χ0v) is 20.1. The Bertz CT molecular complexity index is 1810. The summed E-state index contributed by atoms with van der Waals surface area (Å²) in [5.74, 6) is 0.536. The first-order valence-corrected chi connectivity index (χ1v) is 11.6. The van der Waals surface area contributed by atoms with Crippen LogP contribution >= 0.6 is 11.6 Å². The van der Waals surface area contributed by atoms with Gasteiger partial charge in [-0.25, -0.2) is 9.59 Å². The van der Waals surface area contributed by atoms with E-state index in [4.69, 9.17) is 25.3 Å². The molecule has 1 atom stereocenters. The summed E-state index contributed by atoms with van der Waals surface area (Å²) >= 11 is 6.08. The van der Waals surface area contributed by atoms with Crippen molar-refractivity contribution >= 4 is 45.1 Å². The van der Waals surface area contributed by atoms with Gasteiger partial charge in [0.1, 0.15) is 16.7 Å². The lowest BCUT2D eigenvalue weighted by Gasteiger charge is -2.27. The van der Waals surface area contributed by atoms with Gasteiger partial charge in [0.15, 0.2) is 5.84 Å². The number of halogens is 1. The Balaban J connectivity index is 1.57. The van der Waals surface area contributed by atoms with Crippen LogP contribution in [0.4, 0.5) is 5.69 Å². The van der Waals surface area contributed by atoms with Gasteiger partial charge in [0.05, 0.1) is 5.69 Å². The molecule has 1 aliphatic rings. The van der Waals surface area contributed by atoms with Crippen molar-refractivity contribution < 1.29 is 13.7 Å². The van der Waals surface area contributed by atoms with E-state index in [-0.39, 0.29) is 5.56 Å². The highest BCUT2D eigenvalue weighted by Crippen LogP contribution is 2.38. The van der Waals surface area contributed by atoms with Crippen LogP contribution in [0.15, 0.2) is 96.4 Å². The number of hydrogen-bond acceptors (Lipinski definition) is 7. The fourth-order valence-corrected chi connectivity index (χ4v) is 4.67. The molecule has 1 aliphatic heterocycles. The zero-order valence-electron chi connectivity index (χ0n) is 19.3. The predicted octanol–water partition coefficient (Wildman–Crippen LogP) is 6.07. The predicted molar refractivity (Wildman–Crippen MR) is 139 cm³/mol. The summed E-state index contributed by atoms with van der Waals surface area (Å²) in [4.78, 5) is 32.8. The normalized spacial score (nSPS) is 15.4. The average molecular weight is 499 g/mol. The van der Waals surface area contributed by atoms with Crippen molar-refractivity contribution in [1.29, 1.82) is 0 Å². The summed E-state index contributed by atoms with van der Waals surface area (Å²) in [6, 6.07) is 21.6. The standard InChI is InChI=1S/C28H19ClN2O5/c1-15-11-25(32)34-24-10-16(2)22(14-20(15)24)31-26(17-6-4-3-5-7-17)30-36-27(31)21-12-18-8-9-19(29)13-23(18)35-28(21)33/h3-14,27H,1-2H3. The minimum Gasteiger partial charge on any atom is -0.423 e. The van der Waals surface area contributed by atoms with Gasteiger partial charge in [0.2, 0.25) is 6.23 Å². The second kappa shape index (κ2) is 8.39. The Kier molecular flexibility index (Phi) is 5.16. The Morgan fingerprint density at radius 2 is 1.67 bits per heavy atom. The van der Waals surface area contributed by atoms with E-state index in [9.17, 15) is 9.59 Å². The number of fused-ring (bicyclic) bond motifs is 2. The Labute approximate surface area is 209 Å². The number of hydrogen-bond donors (Lipinski definition) is 0. The molecule has 6 rings (SSSR count). The second-order valence-electron chi connectivity index (χ2n) is 8.66. The molecule has 178 valence electrons. The third kappa shape index (κ3) is 3.65. The number of nitrogens with zero attached hydrogens (tertiary/aromatic N) is 2. The van der Waals surface area contributed by atoms with E-state index in [1.165, 1.54) is 6.07 Å². The largest absolute Gasteiger partial charge is 0.423 e. The van der Waals surface area contributed by atoms with Gasteiger partial charge in [-0.1, -0.05) is 47.1 Å². The SMILES string of the molecule is Cc1cc2oc(=O)cc(C)c2cc1N1C(c2ccccc2)=NOC1c1cc2ccc(Cl)cc2oc1=O. The molecule has 0 aliphatic carbocycles. The molecular formula is C28H19ClN2O5. The quantitative estimate of drug-likeness (QED) is 0.281. The Hall–Kier alpha value is -4.36. The van der Waals surface area contributed by atoms with Gasteiger partial charge >= 0.3 is 11.3 Å². The number of anilines is 1. The van der Waals surface area contributed by atoms with Crippen molar-refractivity contribution in [2.45, 2.75) is 20.1 Å². The highest BCUT2D eigenvalue weighted by molar-refractivity contribution is 6.31. The molecule has 7 nitrogen and oxygen atoms in total. The molecule has 8 heteroatoms. The van der Waals surface area contributed by atoms with Crippen LogP contribution in [0.5, 0.6) is 0 Å². The Morgan fingerprint density at radius 3 is 2.47 bits per heavy atom. The first-order chi connectivity index (χ1) is 17.4. The minimum atomic E-state index is -0.885. The van der Waals surface area contributed by atoms with E-state index in [1.54, 1.807) is 24.3 Å². The second-order valence-corrected chi connectivity index (χ2v) is 9.10. The molecular weight excluding hydrogens is 480 g/mol. The van der Waals surface area contributed by atoms with Crippen LogP contribution in [-0.4, -0.2) is 5.84 Å². The van der Waals surface area contributed by atoms with Gasteiger partial charge in [0.25, 0.3) is 0 Å². The van der Waals surface area contributed by atoms with Crippen molar-refractivity contribution in [1.82, 2.24) is 0 Å². The molecule has 1 unspecified atom stereocenters. The fraction of sp³-hybridized carbons (Fsp3) is 0.107. The molecule has 3 aromatic carbocycles. The highest BCUT2D eigenvalue weighted by atomic mass is 35.5. The van der Waals surface area contributed by atoms with Crippen LogP contribution < -0.4 is 16.2 Å². The maximum atomic E-state index is 13.1. The number of amidine groups is 1. The highest BCUT2D eigenvalue weighted by Gasteiger charge is 2.37. The summed E-state index contributed by atoms with van der Waals surface area (Å²) < 4.78 is 11.0. The van der Waals surface area contributed by atoms with Crippen molar-refractivity contribution in [3.63, 3.8) is 0 Å². The third-order valence-electron chi connectivity index (χ3n) is 6.25. The number of benzene rings is 3. The molecule has 3 heterocycles. The van der Waals surface area contributed by atoms with Crippen LogP contribution in [0, 0.1) is 13.8 Å². The van der Waals surface area contributed by atoms with Gasteiger partial charge in [-0.15, -0.1) is 0 Å². The molecule has 0 fully saturated rings. The van der Waals surface area contributed by atoms with Crippen molar-refractivity contribution in [3.8, 4) is 0 Å². The fourth-order valence-electron chi connectivity index (χ4n) is 4.51. The zero-order chi connectivity index (χ0) is 25.0. The topological polar surface area (TPSA) is 85.2 Å². The van der Waals surface area contributed by atoms with Crippen LogP contribution in [0.3, 0.4) is 0 Å². The van der Waals surface area contributed by atoms with Crippen molar-refractivity contribution in [3.05, 3.63) is 121 Å². The van der Waals surface area contributed by atoms with Gasteiger partial charge in [-0.05, 0) is 55.3 Å². The molecule has 5 aromatic rings.